The first kappa shape index (κ1) is 23.5. The number of fused-ring (bicyclic) bond motifs is 1. The molecule has 1 amide bonds. The Morgan fingerprint density at radius 1 is 1.03 bits per heavy atom. The number of benzene rings is 2. The van der Waals surface area contributed by atoms with Gasteiger partial charge in [0.1, 0.15) is 0 Å². The van der Waals surface area contributed by atoms with Gasteiger partial charge in [0.15, 0.2) is 0 Å². The van der Waals surface area contributed by atoms with Crippen LogP contribution >= 0.6 is 0 Å². The van der Waals surface area contributed by atoms with Crippen molar-refractivity contribution in [2.75, 3.05) is 13.1 Å². The number of carboxylic acids is 2. The third-order valence-electron chi connectivity index (χ3n) is 5.22. The third kappa shape index (κ3) is 6.65. The van der Waals surface area contributed by atoms with Crippen LogP contribution in [0.3, 0.4) is 0 Å². The highest BCUT2D eigenvalue weighted by Gasteiger charge is 2.16. The summed E-state index contributed by atoms with van der Waals surface area (Å²) in [5.74, 6) is -2.90. The number of rotatable bonds is 6. The summed E-state index contributed by atoms with van der Waals surface area (Å²) >= 11 is 0. The molecule has 170 valence electrons. The van der Waals surface area contributed by atoms with Gasteiger partial charge in [-0.3, -0.25) is 9.69 Å². The number of amides is 1. The van der Waals surface area contributed by atoms with E-state index in [4.69, 9.17) is 15.9 Å². The van der Waals surface area contributed by atoms with Crippen LogP contribution in [0, 0.1) is 0 Å². The van der Waals surface area contributed by atoms with Crippen molar-refractivity contribution in [1.29, 1.82) is 0 Å². The molecule has 0 fully saturated rings. The summed E-state index contributed by atoms with van der Waals surface area (Å²) in [6, 6.07) is 16.1. The Kier molecular flexibility index (Phi) is 7.77. The molecule has 3 aromatic rings. The molecule has 33 heavy (non-hydrogen) atoms. The van der Waals surface area contributed by atoms with Crippen LogP contribution in [0.25, 0.3) is 16.5 Å². The van der Waals surface area contributed by atoms with E-state index in [0.717, 1.165) is 37.0 Å². The summed E-state index contributed by atoms with van der Waals surface area (Å²) in [6.07, 6.45) is 6.45. The predicted octanol–water partition coefficient (Wildman–Crippen LogP) is 3.27. The Morgan fingerprint density at radius 3 is 2.30 bits per heavy atom. The van der Waals surface area contributed by atoms with Crippen molar-refractivity contribution in [2.24, 2.45) is 5.73 Å². The fraction of sp³-hybridized carbons (Fsp3) is 0.160. The minimum absolute atomic E-state index is 0.388. The number of primary amides is 1. The second-order valence-electron chi connectivity index (χ2n) is 7.54. The SMILES string of the molecule is NC(=O)c1ccc2[nH]cc(C3=CCN(Cc4ccccc4)CC3)c2c1.O=C(O)/C=C\C(=O)O. The maximum atomic E-state index is 11.5. The molecule has 0 saturated carbocycles. The smallest absolute Gasteiger partial charge is 0.328 e. The fourth-order valence-corrected chi connectivity index (χ4v) is 3.62. The number of hydrogen-bond acceptors (Lipinski definition) is 4. The molecular formula is C25H25N3O5. The molecule has 1 aliphatic heterocycles. The molecule has 0 saturated heterocycles. The highest BCUT2D eigenvalue weighted by atomic mass is 16.4. The molecule has 0 radical (unpaired) electrons. The Labute approximate surface area is 190 Å². The second-order valence-corrected chi connectivity index (χ2v) is 7.54. The van der Waals surface area contributed by atoms with E-state index in [9.17, 15) is 14.4 Å². The van der Waals surface area contributed by atoms with Crippen molar-refractivity contribution in [3.05, 3.63) is 89.6 Å². The van der Waals surface area contributed by atoms with Crippen LogP contribution in [0.5, 0.6) is 0 Å². The van der Waals surface area contributed by atoms with E-state index in [2.05, 4.69) is 46.3 Å². The van der Waals surface area contributed by atoms with Crippen LogP contribution in [0.15, 0.2) is 73.0 Å². The fourth-order valence-electron chi connectivity index (χ4n) is 3.62. The van der Waals surface area contributed by atoms with Gasteiger partial charge in [0.2, 0.25) is 5.91 Å². The van der Waals surface area contributed by atoms with Gasteiger partial charge in [0.05, 0.1) is 0 Å². The lowest BCUT2D eigenvalue weighted by molar-refractivity contribution is -0.134. The van der Waals surface area contributed by atoms with Crippen molar-refractivity contribution < 1.29 is 24.6 Å². The van der Waals surface area contributed by atoms with Crippen LogP contribution in [0.1, 0.15) is 27.9 Å². The van der Waals surface area contributed by atoms with E-state index < -0.39 is 11.9 Å². The average Bonchev–Trinajstić information content (AvgIpc) is 3.23. The van der Waals surface area contributed by atoms with E-state index in [0.29, 0.717) is 17.7 Å². The zero-order valence-electron chi connectivity index (χ0n) is 17.9. The van der Waals surface area contributed by atoms with Crippen molar-refractivity contribution in [2.45, 2.75) is 13.0 Å². The Morgan fingerprint density at radius 2 is 1.73 bits per heavy atom. The molecule has 0 unspecified atom stereocenters. The Hall–Kier alpha value is -4.17. The normalized spacial score (nSPS) is 13.9. The van der Waals surface area contributed by atoms with Crippen LogP contribution in [-0.2, 0) is 16.1 Å². The van der Waals surface area contributed by atoms with Gasteiger partial charge in [-0.15, -0.1) is 0 Å². The first-order valence-electron chi connectivity index (χ1n) is 10.3. The van der Waals surface area contributed by atoms with Gasteiger partial charge in [-0.1, -0.05) is 36.4 Å². The van der Waals surface area contributed by atoms with Gasteiger partial charge in [-0.25, -0.2) is 9.59 Å². The first-order chi connectivity index (χ1) is 15.8. The zero-order valence-corrected chi connectivity index (χ0v) is 17.9. The minimum atomic E-state index is -1.26. The van der Waals surface area contributed by atoms with E-state index in [-0.39, 0.29) is 5.91 Å². The highest BCUT2D eigenvalue weighted by molar-refractivity contribution is 6.00. The van der Waals surface area contributed by atoms with Crippen molar-refractivity contribution in [1.82, 2.24) is 9.88 Å². The van der Waals surface area contributed by atoms with Crippen molar-refractivity contribution in [3.63, 3.8) is 0 Å². The highest BCUT2D eigenvalue weighted by Crippen LogP contribution is 2.30. The molecule has 8 heteroatoms. The molecule has 4 rings (SSSR count). The number of nitrogens with one attached hydrogen (secondary N) is 1. The topological polar surface area (TPSA) is 137 Å². The third-order valence-corrected chi connectivity index (χ3v) is 5.22. The van der Waals surface area contributed by atoms with Gasteiger partial charge in [0.25, 0.3) is 0 Å². The lowest BCUT2D eigenvalue weighted by Gasteiger charge is -2.26. The molecule has 0 spiro atoms. The number of aliphatic carboxylic acids is 2. The second kappa shape index (κ2) is 10.9. The number of aromatic amines is 1. The first-order valence-corrected chi connectivity index (χ1v) is 10.3. The number of nitrogens with zero attached hydrogens (tertiary/aromatic N) is 1. The van der Waals surface area contributed by atoms with E-state index in [1.54, 1.807) is 6.07 Å². The molecule has 5 N–H and O–H groups in total. The number of carboxylic acid groups (broad SMARTS) is 2. The summed E-state index contributed by atoms with van der Waals surface area (Å²) in [5.41, 5.74) is 10.9. The van der Waals surface area contributed by atoms with Crippen molar-refractivity contribution in [3.8, 4) is 0 Å². The van der Waals surface area contributed by atoms with Crippen LogP contribution < -0.4 is 5.73 Å². The summed E-state index contributed by atoms with van der Waals surface area (Å²) in [4.78, 5) is 36.3. The molecule has 8 nitrogen and oxygen atoms in total. The molecule has 0 atom stereocenters. The Balaban J connectivity index is 0.000000331. The largest absolute Gasteiger partial charge is 0.478 e. The van der Waals surface area contributed by atoms with Gasteiger partial charge in [0, 0.05) is 60.0 Å². The van der Waals surface area contributed by atoms with Crippen molar-refractivity contribution >= 4 is 34.3 Å². The summed E-state index contributed by atoms with van der Waals surface area (Å²) < 4.78 is 0. The molecular weight excluding hydrogens is 422 g/mol. The number of carbonyl (C=O) groups excluding carboxylic acids is 1. The molecule has 1 aliphatic rings. The lowest BCUT2D eigenvalue weighted by Crippen LogP contribution is -2.27. The van der Waals surface area contributed by atoms with Crippen LogP contribution in [-0.4, -0.2) is 51.0 Å². The standard InChI is InChI=1S/C21H21N3O.C4H4O4/c22-21(25)17-6-7-20-18(12-17)19(13-23-20)16-8-10-24(11-9-16)14-15-4-2-1-3-5-15;5-3(6)1-2-4(7)8/h1-8,12-13,23H,9-11,14H2,(H2,22,25);1-2H,(H,5,6)(H,7,8)/b;2-1-. The maximum Gasteiger partial charge on any atom is 0.328 e. The predicted molar refractivity (Wildman–Crippen MR) is 126 cm³/mol. The molecule has 0 aliphatic carbocycles. The number of carbonyl (C=O) groups is 3. The Bertz CT molecular complexity index is 1200. The quantitative estimate of drug-likeness (QED) is 0.428. The van der Waals surface area contributed by atoms with Gasteiger partial charge in [-0.05, 0) is 35.8 Å². The lowest BCUT2D eigenvalue weighted by atomic mass is 9.97. The molecule has 1 aromatic heterocycles. The van der Waals surface area contributed by atoms with Gasteiger partial charge in [-0.2, -0.15) is 0 Å². The summed E-state index contributed by atoms with van der Waals surface area (Å²) in [5, 5.41) is 16.7. The summed E-state index contributed by atoms with van der Waals surface area (Å²) in [6.45, 7) is 2.94. The number of nitrogens with two attached hydrogens (primary N) is 1. The maximum absolute atomic E-state index is 11.5. The van der Waals surface area contributed by atoms with E-state index in [1.165, 1.54) is 16.7 Å². The van der Waals surface area contributed by atoms with E-state index in [1.807, 2.05) is 18.3 Å². The molecule has 0 bridgehead atoms. The number of aromatic nitrogens is 1. The molecule has 2 heterocycles. The zero-order chi connectivity index (χ0) is 23.8. The van der Waals surface area contributed by atoms with E-state index >= 15 is 0 Å². The summed E-state index contributed by atoms with van der Waals surface area (Å²) in [7, 11) is 0. The average molecular weight is 447 g/mol. The van der Waals surface area contributed by atoms with Gasteiger partial charge >= 0.3 is 11.9 Å². The van der Waals surface area contributed by atoms with Gasteiger partial charge < -0.3 is 20.9 Å². The monoisotopic (exact) mass is 447 g/mol. The number of H-pyrrole nitrogens is 1. The van der Waals surface area contributed by atoms with Crippen LogP contribution in [0.4, 0.5) is 0 Å². The molecule has 2 aromatic carbocycles. The number of hydrogen-bond donors (Lipinski definition) is 4. The minimum Gasteiger partial charge on any atom is -0.478 e. The van der Waals surface area contributed by atoms with Crippen LogP contribution in [0.2, 0.25) is 0 Å².